The Bertz CT molecular complexity index is 865. The van der Waals surface area contributed by atoms with Gasteiger partial charge < -0.3 is 4.74 Å². The highest BCUT2D eigenvalue weighted by atomic mass is 35.5. The standard InChI is InChI=1S/C19H16ClNO2S/c1-13-12-17(16-4-2-3-5-18(16)21-13)19(22)23-10-11-24-15-8-6-14(20)7-9-15/h2-9,12H,10-11H2,1H3. The second kappa shape index (κ2) is 7.69. The summed E-state index contributed by atoms with van der Waals surface area (Å²) in [5.74, 6) is 0.378. The number of aromatic nitrogens is 1. The van der Waals surface area contributed by atoms with Crippen LogP contribution >= 0.6 is 23.4 Å². The fourth-order valence-corrected chi connectivity index (χ4v) is 3.24. The van der Waals surface area contributed by atoms with Crippen LogP contribution in [-0.4, -0.2) is 23.3 Å². The molecular weight excluding hydrogens is 342 g/mol. The molecule has 0 spiro atoms. The first-order valence-corrected chi connectivity index (χ1v) is 8.92. The van der Waals surface area contributed by atoms with Crippen molar-refractivity contribution in [2.45, 2.75) is 11.8 Å². The number of ether oxygens (including phenoxy) is 1. The lowest BCUT2D eigenvalue weighted by Crippen LogP contribution is -2.09. The molecule has 1 heterocycles. The number of pyridine rings is 1. The number of rotatable bonds is 5. The minimum Gasteiger partial charge on any atom is -0.461 e. The van der Waals surface area contributed by atoms with Crippen molar-refractivity contribution < 1.29 is 9.53 Å². The molecule has 0 unspecified atom stereocenters. The number of halogens is 1. The lowest BCUT2D eigenvalue weighted by Gasteiger charge is -2.08. The maximum Gasteiger partial charge on any atom is 0.338 e. The topological polar surface area (TPSA) is 39.2 Å². The fourth-order valence-electron chi connectivity index (χ4n) is 2.38. The van der Waals surface area contributed by atoms with Gasteiger partial charge in [-0.15, -0.1) is 11.8 Å². The van der Waals surface area contributed by atoms with Gasteiger partial charge >= 0.3 is 5.97 Å². The van der Waals surface area contributed by atoms with Crippen molar-refractivity contribution in [3.05, 3.63) is 70.9 Å². The number of nitrogens with zero attached hydrogens (tertiary/aromatic N) is 1. The summed E-state index contributed by atoms with van der Waals surface area (Å²) in [6, 6.07) is 17.0. The van der Waals surface area contributed by atoms with Gasteiger partial charge in [0.1, 0.15) is 6.61 Å². The van der Waals surface area contributed by atoms with Gasteiger partial charge in [-0.05, 0) is 43.3 Å². The molecule has 0 N–H and O–H groups in total. The van der Waals surface area contributed by atoms with E-state index in [4.69, 9.17) is 16.3 Å². The first kappa shape index (κ1) is 16.8. The van der Waals surface area contributed by atoms with Crippen LogP contribution in [0.5, 0.6) is 0 Å². The maximum absolute atomic E-state index is 12.4. The predicted octanol–water partition coefficient (Wildman–Crippen LogP) is 5.15. The van der Waals surface area contributed by atoms with Gasteiger partial charge in [0.25, 0.3) is 0 Å². The molecule has 122 valence electrons. The molecule has 0 bridgehead atoms. The quantitative estimate of drug-likeness (QED) is 0.360. The van der Waals surface area contributed by atoms with Crippen LogP contribution in [0.15, 0.2) is 59.5 Å². The van der Waals surface area contributed by atoms with E-state index in [2.05, 4.69) is 4.98 Å². The summed E-state index contributed by atoms with van der Waals surface area (Å²) in [4.78, 5) is 17.9. The lowest BCUT2D eigenvalue weighted by atomic mass is 10.1. The molecule has 0 aliphatic carbocycles. The highest BCUT2D eigenvalue weighted by Gasteiger charge is 2.13. The van der Waals surface area contributed by atoms with E-state index in [1.54, 1.807) is 17.8 Å². The molecule has 0 aliphatic rings. The maximum atomic E-state index is 12.4. The van der Waals surface area contributed by atoms with Gasteiger partial charge in [0.15, 0.2) is 0 Å². The van der Waals surface area contributed by atoms with E-state index in [0.29, 0.717) is 22.9 Å². The molecule has 0 amide bonds. The molecule has 3 rings (SSSR count). The Kier molecular flexibility index (Phi) is 5.38. The molecule has 0 fully saturated rings. The van der Waals surface area contributed by atoms with E-state index in [0.717, 1.165) is 21.5 Å². The van der Waals surface area contributed by atoms with Gasteiger partial charge in [-0.25, -0.2) is 4.79 Å². The summed E-state index contributed by atoms with van der Waals surface area (Å²) in [5.41, 5.74) is 2.17. The number of benzene rings is 2. The van der Waals surface area contributed by atoms with Crippen LogP contribution in [0.1, 0.15) is 16.1 Å². The Balaban J connectivity index is 1.62. The Morgan fingerprint density at radius 1 is 1.17 bits per heavy atom. The molecule has 0 radical (unpaired) electrons. The van der Waals surface area contributed by atoms with Crippen LogP contribution in [0, 0.1) is 6.92 Å². The van der Waals surface area contributed by atoms with Crippen molar-refractivity contribution in [3.8, 4) is 0 Å². The SMILES string of the molecule is Cc1cc(C(=O)OCCSc2ccc(Cl)cc2)c2ccccc2n1. The smallest absolute Gasteiger partial charge is 0.338 e. The van der Waals surface area contributed by atoms with Crippen LogP contribution in [0.4, 0.5) is 0 Å². The van der Waals surface area contributed by atoms with Crippen LogP contribution in [-0.2, 0) is 4.74 Å². The Morgan fingerprint density at radius 2 is 1.92 bits per heavy atom. The van der Waals surface area contributed by atoms with Gasteiger partial charge in [0.2, 0.25) is 0 Å². The van der Waals surface area contributed by atoms with Crippen LogP contribution in [0.3, 0.4) is 0 Å². The zero-order valence-corrected chi connectivity index (χ0v) is 14.7. The number of para-hydroxylation sites is 1. The highest BCUT2D eigenvalue weighted by Crippen LogP contribution is 2.21. The summed E-state index contributed by atoms with van der Waals surface area (Å²) in [6.45, 7) is 2.22. The van der Waals surface area contributed by atoms with Gasteiger partial charge in [-0.1, -0.05) is 29.8 Å². The van der Waals surface area contributed by atoms with Crippen molar-refractivity contribution in [3.63, 3.8) is 0 Å². The van der Waals surface area contributed by atoms with Gasteiger partial charge in [-0.2, -0.15) is 0 Å². The molecule has 3 nitrogen and oxygen atoms in total. The third-order valence-corrected chi connectivity index (χ3v) is 4.69. The van der Waals surface area contributed by atoms with E-state index < -0.39 is 0 Å². The Hall–Kier alpha value is -2.04. The molecule has 2 aromatic carbocycles. The highest BCUT2D eigenvalue weighted by molar-refractivity contribution is 7.99. The summed E-state index contributed by atoms with van der Waals surface area (Å²) < 4.78 is 5.42. The fraction of sp³-hybridized carbons (Fsp3) is 0.158. The second-order valence-electron chi connectivity index (χ2n) is 5.27. The average molecular weight is 358 g/mol. The molecule has 0 atom stereocenters. The van der Waals surface area contributed by atoms with Gasteiger partial charge in [-0.3, -0.25) is 4.98 Å². The number of fused-ring (bicyclic) bond motifs is 1. The lowest BCUT2D eigenvalue weighted by molar-refractivity contribution is 0.0532. The van der Waals surface area contributed by atoms with E-state index >= 15 is 0 Å². The molecular formula is C19H16ClNO2S. The number of aryl methyl sites for hydroxylation is 1. The number of carbonyl (C=O) groups is 1. The minimum atomic E-state index is -0.312. The Morgan fingerprint density at radius 3 is 2.71 bits per heavy atom. The van der Waals surface area contributed by atoms with Crippen LogP contribution in [0.25, 0.3) is 10.9 Å². The monoisotopic (exact) mass is 357 g/mol. The van der Waals surface area contributed by atoms with Crippen molar-refractivity contribution in [2.24, 2.45) is 0 Å². The van der Waals surface area contributed by atoms with Gasteiger partial charge in [0.05, 0.1) is 11.1 Å². The van der Waals surface area contributed by atoms with Crippen molar-refractivity contribution in [2.75, 3.05) is 12.4 Å². The molecule has 0 aliphatic heterocycles. The number of carbonyl (C=O) groups excluding carboxylic acids is 1. The third kappa shape index (κ3) is 4.08. The van der Waals surface area contributed by atoms with Crippen molar-refractivity contribution in [1.82, 2.24) is 4.98 Å². The van der Waals surface area contributed by atoms with E-state index in [1.165, 1.54) is 0 Å². The van der Waals surface area contributed by atoms with E-state index in [1.807, 2.05) is 55.5 Å². The number of hydrogen-bond donors (Lipinski definition) is 0. The molecule has 5 heteroatoms. The van der Waals surface area contributed by atoms with E-state index in [-0.39, 0.29) is 5.97 Å². The summed E-state index contributed by atoms with van der Waals surface area (Å²) in [5, 5.41) is 1.53. The summed E-state index contributed by atoms with van der Waals surface area (Å²) in [6.07, 6.45) is 0. The number of hydrogen-bond acceptors (Lipinski definition) is 4. The normalized spacial score (nSPS) is 10.8. The first-order chi connectivity index (χ1) is 11.6. The van der Waals surface area contributed by atoms with Crippen LogP contribution < -0.4 is 0 Å². The second-order valence-corrected chi connectivity index (χ2v) is 6.87. The average Bonchev–Trinajstić information content (AvgIpc) is 2.59. The molecule has 1 aromatic heterocycles. The Labute approximate surface area is 150 Å². The molecule has 24 heavy (non-hydrogen) atoms. The minimum absolute atomic E-state index is 0.312. The summed E-state index contributed by atoms with van der Waals surface area (Å²) in [7, 11) is 0. The van der Waals surface area contributed by atoms with Crippen LogP contribution in [0.2, 0.25) is 5.02 Å². The number of esters is 1. The van der Waals surface area contributed by atoms with Crippen molar-refractivity contribution >= 4 is 40.2 Å². The zero-order chi connectivity index (χ0) is 16.9. The number of thioether (sulfide) groups is 1. The zero-order valence-electron chi connectivity index (χ0n) is 13.2. The predicted molar refractivity (Wildman–Crippen MR) is 98.9 cm³/mol. The molecule has 3 aromatic rings. The van der Waals surface area contributed by atoms with Gasteiger partial charge in [0, 0.05) is 26.8 Å². The third-order valence-electron chi connectivity index (χ3n) is 3.46. The molecule has 0 saturated heterocycles. The largest absolute Gasteiger partial charge is 0.461 e. The first-order valence-electron chi connectivity index (χ1n) is 7.55. The van der Waals surface area contributed by atoms with Crippen molar-refractivity contribution in [1.29, 1.82) is 0 Å². The summed E-state index contributed by atoms with van der Waals surface area (Å²) >= 11 is 7.48. The molecule has 0 saturated carbocycles. The van der Waals surface area contributed by atoms with E-state index in [9.17, 15) is 4.79 Å².